The molecule has 1 aromatic carbocycles. The van der Waals surface area contributed by atoms with Gasteiger partial charge in [0, 0.05) is 25.0 Å². The van der Waals surface area contributed by atoms with Gasteiger partial charge in [-0.25, -0.2) is 0 Å². The number of carbonyl (C=O) groups is 2. The Labute approximate surface area is 143 Å². The first-order chi connectivity index (χ1) is 11.7. The Bertz CT molecular complexity index is 573. The molecule has 0 bridgehead atoms. The molecule has 1 heterocycles. The van der Waals surface area contributed by atoms with E-state index in [0.29, 0.717) is 18.9 Å². The van der Waals surface area contributed by atoms with Crippen LogP contribution in [-0.4, -0.2) is 42.5 Å². The van der Waals surface area contributed by atoms with Crippen molar-refractivity contribution in [2.45, 2.75) is 45.1 Å². The lowest BCUT2D eigenvalue weighted by atomic mass is 10.0. The predicted molar refractivity (Wildman–Crippen MR) is 91.8 cm³/mol. The molecule has 1 aliphatic heterocycles. The molecule has 0 spiro atoms. The Morgan fingerprint density at radius 3 is 2.38 bits per heavy atom. The van der Waals surface area contributed by atoms with Gasteiger partial charge in [0.25, 0.3) is 0 Å². The van der Waals surface area contributed by atoms with Crippen LogP contribution in [0.25, 0.3) is 0 Å². The molecule has 0 aromatic heterocycles. The van der Waals surface area contributed by atoms with Gasteiger partial charge in [-0.15, -0.1) is 0 Å². The van der Waals surface area contributed by atoms with Gasteiger partial charge in [0.1, 0.15) is 5.75 Å². The molecule has 1 saturated heterocycles. The smallest absolute Gasteiger partial charge is 0.225 e. The number of ether oxygens (including phenoxy) is 1. The maximum absolute atomic E-state index is 12.2. The van der Waals surface area contributed by atoms with Gasteiger partial charge < -0.3 is 15.0 Å². The summed E-state index contributed by atoms with van der Waals surface area (Å²) in [6.45, 7) is 4.12. The van der Waals surface area contributed by atoms with Crippen LogP contribution < -0.4 is 10.1 Å². The first kappa shape index (κ1) is 16.8. The fraction of sp³-hybridized carbons (Fsp3) is 0.579. The van der Waals surface area contributed by atoms with Crippen LogP contribution >= 0.6 is 0 Å². The Morgan fingerprint density at radius 2 is 1.79 bits per heavy atom. The zero-order valence-electron chi connectivity index (χ0n) is 14.3. The highest BCUT2D eigenvalue weighted by Crippen LogP contribution is 2.31. The minimum absolute atomic E-state index is 0.0473. The number of rotatable bonds is 6. The summed E-state index contributed by atoms with van der Waals surface area (Å²) < 4.78 is 5.41. The quantitative estimate of drug-likeness (QED) is 0.869. The van der Waals surface area contributed by atoms with Crippen molar-refractivity contribution in [3.8, 4) is 5.75 Å². The summed E-state index contributed by atoms with van der Waals surface area (Å²) in [4.78, 5) is 26.2. The number of benzene rings is 1. The molecule has 1 aromatic rings. The highest BCUT2D eigenvalue weighted by molar-refractivity contribution is 5.81. The topological polar surface area (TPSA) is 58.6 Å². The lowest BCUT2D eigenvalue weighted by Crippen LogP contribution is -2.47. The number of nitrogens with zero attached hydrogens (tertiary/aromatic N) is 1. The summed E-state index contributed by atoms with van der Waals surface area (Å²) in [5, 5.41) is 3.10. The predicted octanol–water partition coefficient (Wildman–Crippen LogP) is 2.14. The van der Waals surface area contributed by atoms with Crippen LogP contribution in [0.4, 0.5) is 0 Å². The summed E-state index contributed by atoms with van der Waals surface area (Å²) in [6.07, 6.45) is 4.20. The fourth-order valence-electron chi connectivity index (χ4n) is 3.17. The summed E-state index contributed by atoms with van der Waals surface area (Å²) >= 11 is 0. The number of carbonyl (C=O) groups excluding carboxylic acids is 2. The van der Waals surface area contributed by atoms with E-state index in [1.807, 2.05) is 36.1 Å². The van der Waals surface area contributed by atoms with E-state index in [1.165, 1.54) is 0 Å². The fourth-order valence-corrected chi connectivity index (χ4v) is 3.17. The molecular formula is C19H26N2O3. The van der Waals surface area contributed by atoms with E-state index < -0.39 is 0 Å². The largest absolute Gasteiger partial charge is 0.494 e. The van der Waals surface area contributed by atoms with Gasteiger partial charge in [0.15, 0.2) is 0 Å². The van der Waals surface area contributed by atoms with Gasteiger partial charge in [0.2, 0.25) is 11.8 Å². The summed E-state index contributed by atoms with van der Waals surface area (Å²) in [6, 6.07) is 7.84. The van der Waals surface area contributed by atoms with Crippen LogP contribution in [0.2, 0.25) is 0 Å². The van der Waals surface area contributed by atoms with E-state index in [-0.39, 0.29) is 17.9 Å². The molecule has 5 nitrogen and oxygen atoms in total. The van der Waals surface area contributed by atoms with Crippen LogP contribution in [0.5, 0.6) is 5.75 Å². The maximum atomic E-state index is 12.2. The second-order valence-corrected chi connectivity index (χ2v) is 6.70. The van der Waals surface area contributed by atoms with Crippen molar-refractivity contribution in [3.63, 3.8) is 0 Å². The Hall–Kier alpha value is -2.04. The van der Waals surface area contributed by atoms with Crippen LogP contribution in [0.1, 0.15) is 38.2 Å². The first-order valence-electron chi connectivity index (χ1n) is 8.95. The molecule has 5 heteroatoms. The van der Waals surface area contributed by atoms with Crippen molar-refractivity contribution in [2.24, 2.45) is 5.92 Å². The number of hydrogen-bond acceptors (Lipinski definition) is 3. The van der Waals surface area contributed by atoms with Crippen molar-refractivity contribution >= 4 is 11.8 Å². The molecule has 1 aliphatic carbocycles. The first-order valence-corrected chi connectivity index (χ1v) is 8.95. The molecule has 2 amide bonds. The molecule has 2 aliphatic rings. The molecule has 1 saturated carbocycles. The van der Waals surface area contributed by atoms with E-state index in [9.17, 15) is 9.59 Å². The van der Waals surface area contributed by atoms with Crippen molar-refractivity contribution in [1.82, 2.24) is 10.2 Å². The SMILES string of the molecule is CCOc1ccc(CC(=O)NC2CCN(C(=O)C3CC3)CC2)cc1. The Balaban J connectivity index is 1.41. The molecule has 0 unspecified atom stereocenters. The summed E-state index contributed by atoms with van der Waals surface area (Å²) in [5.41, 5.74) is 0.984. The minimum Gasteiger partial charge on any atom is -0.494 e. The van der Waals surface area contributed by atoms with Crippen LogP contribution in [-0.2, 0) is 16.0 Å². The molecular weight excluding hydrogens is 304 g/mol. The van der Waals surface area contributed by atoms with Gasteiger partial charge in [-0.3, -0.25) is 9.59 Å². The molecule has 24 heavy (non-hydrogen) atoms. The molecule has 2 fully saturated rings. The van der Waals surface area contributed by atoms with Crippen molar-refractivity contribution in [1.29, 1.82) is 0 Å². The molecule has 3 rings (SSSR count). The summed E-state index contributed by atoms with van der Waals surface area (Å²) in [7, 11) is 0. The number of piperidine rings is 1. The third kappa shape index (κ3) is 4.49. The van der Waals surface area contributed by atoms with E-state index in [2.05, 4.69) is 5.32 Å². The van der Waals surface area contributed by atoms with E-state index in [1.54, 1.807) is 0 Å². The third-order valence-corrected chi connectivity index (χ3v) is 4.70. The average molecular weight is 330 g/mol. The normalized spacial score (nSPS) is 18.3. The lowest BCUT2D eigenvalue weighted by molar-refractivity contribution is -0.133. The number of amides is 2. The molecule has 1 N–H and O–H groups in total. The van der Waals surface area contributed by atoms with Gasteiger partial charge in [-0.1, -0.05) is 12.1 Å². The number of nitrogens with one attached hydrogen (secondary N) is 1. The standard InChI is InChI=1S/C19H26N2O3/c1-2-24-17-7-3-14(4-8-17)13-18(22)20-16-9-11-21(12-10-16)19(23)15-5-6-15/h3-4,7-8,15-16H,2,5-6,9-13H2,1H3,(H,20,22). The van der Waals surface area contributed by atoms with Crippen molar-refractivity contribution < 1.29 is 14.3 Å². The molecule has 0 radical (unpaired) electrons. The molecule has 0 atom stereocenters. The zero-order chi connectivity index (χ0) is 16.9. The van der Waals surface area contributed by atoms with Crippen molar-refractivity contribution in [2.75, 3.05) is 19.7 Å². The van der Waals surface area contributed by atoms with E-state index >= 15 is 0 Å². The number of likely N-dealkylation sites (tertiary alicyclic amines) is 1. The highest BCUT2D eigenvalue weighted by Gasteiger charge is 2.35. The van der Waals surface area contributed by atoms with Crippen LogP contribution in [0, 0.1) is 5.92 Å². The third-order valence-electron chi connectivity index (χ3n) is 4.70. The second kappa shape index (κ2) is 7.69. The molecule has 130 valence electrons. The van der Waals surface area contributed by atoms with Gasteiger partial charge >= 0.3 is 0 Å². The monoisotopic (exact) mass is 330 g/mol. The van der Waals surface area contributed by atoms with Crippen molar-refractivity contribution in [3.05, 3.63) is 29.8 Å². The lowest BCUT2D eigenvalue weighted by Gasteiger charge is -2.32. The summed E-state index contributed by atoms with van der Waals surface area (Å²) in [5.74, 6) is 1.48. The number of hydrogen-bond donors (Lipinski definition) is 1. The van der Waals surface area contributed by atoms with E-state index in [4.69, 9.17) is 4.74 Å². The Morgan fingerprint density at radius 1 is 1.12 bits per heavy atom. The van der Waals surface area contributed by atoms with Crippen LogP contribution in [0.15, 0.2) is 24.3 Å². The maximum Gasteiger partial charge on any atom is 0.225 e. The second-order valence-electron chi connectivity index (χ2n) is 6.70. The highest BCUT2D eigenvalue weighted by atomic mass is 16.5. The average Bonchev–Trinajstić information content (AvgIpc) is 3.42. The van der Waals surface area contributed by atoms with E-state index in [0.717, 1.165) is 50.1 Å². The van der Waals surface area contributed by atoms with Crippen LogP contribution in [0.3, 0.4) is 0 Å². The van der Waals surface area contributed by atoms with Gasteiger partial charge in [0.05, 0.1) is 13.0 Å². The minimum atomic E-state index is 0.0473. The van der Waals surface area contributed by atoms with Gasteiger partial charge in [-0.05, 0) is 50.3 Å². The Kier molecular flexibility index (Phi) is 5.38. The zero-order valence-corrected chi connectivity index (χ0v) is 14.3. The van der Waals surface area contributed by atoms with Gasteiger partial charge in [-0.2, -0.15) is 0 Å².